The fourth-order valence-electron chi connectivity index (χ4n) is 2.69. The van der Waals surface area contributed by atoms with E-state index >= 15 is 0 Å². The van der Waals surface area contributed by atoms with Crippen molar-refractivity contribution in [2.45, 2.75) is 26.3 Å². The van der Waals surface area contributed by atoms with E-state index in [4.69, 9.17) is 4.74 Å². The Morgan fingerprint density at radius 3 is 2.50 bits per heavy atom. The average molecular weight is 308 g/mol. The van der Waals surface area contributed by atoms with Gasteiger partial charge in [-0.2, -0.15) is 0 Å². The molecule has 1 aliphatic rings. The first kappa shape index (κ1) is 16.9. The lowest BCUT2D eigenvalue weighted by molar-refractivity contribution is -0.122. The molecule has 1 aliphatic heterocycles. The van der Waals surface area contributed by atoms with E-state index < -0.39 is 0 Å². The zero-order valence-electron chi connectivity index (χ0n) is 13.3. The SMILES string of the molecule is CC(C)CC(=O)NCC(c1ccc(F)cc1)N1CCOCC1. The lowest BCUT2D eigenvalue weighted by atomic mass is 10.0. The molecule has 2 rings (SSSR count). The van der Waals surface area contributed by atoms with Crippen LogP contribution in [0.2, 0.25) is 0 Å². The van der Waals surface area contributed by atoms with E-state index in [1.165, 1.54) is 12.1 Å². The summed E-state index contributed by atoms with van der Waals surface area (Å²) in [7, 11) is 0. The summed E-state index contributed by atoms with van der Waals surface area (Å²) in [4.78, 5) is 14.2. The average Bonchev–Trinajstić information content (AvgIpc) is 2.49. The summed E-state index contributed by atoms with van der Waals surface area (Å²) in [5.41, 5.74) is 1.02. The van der Waals surface area contributed by atoms with Gasteiger partial charge in [0.25, 0.3) is 0 Å². The number of amides is 1. The van der Waals surface area contributed by atoms with Crippen LogP contribution in [0.4, 0.5) is 4.39 Å². The zero-order chi connectivity index (χ0) is 15.9. The maximum atomic E-state index is 13.1. The Kier molecular flexibility index (Phi) is 6.34. The number of ether oxygens (including phenoxy) is 1. The first-order valence-electron chi connectivity index (χ1n) is 7.90. The van der Waals surface area contributed by atoms with Crippen molar-refractivity contribution in [2.24, 2.45) is 5.92 Å². The van der Waals surface area contributed by atoms with Gasteiger partial charge in [0.15, 0.2) is 0 Å². The molecule has 1 fully saturated rings. The summed E-state index contributed by atoms with van der Waals surface area (Å²) >= 11 is 0. The molecular weight excluding hydrogens is 283 g/mol. The number of hydrogen-bond acceptors (Lipinski definition) is 3. The number of nitrogens with one attached hydrogen (secondary N) is 1. The second-order valence-electron chi connectivity index (χ2n) is 6.12. The molecule has 0 spiro atoms. The van der Waals surface area contributed by atoms with Gasteiger partial charge >= 0.3 is 0 Å². The fourth-order valence-corrected chi connectivity index (χ4v) is 2.69. The standard InChI is InChI=1S/C17H25FN2O2/c1-13(2)11-17(21)19-12-16(20-7-9-22-10-8-20)14-3-5-15(18)6-4-14/h3-6,13,16H,7-12H2,1-2H3,(H,19,21). The Labute approximate surface area is 131 Å². The largest absolute Gasteiger partial charge is 0.379 e. The van der Waals surface area contributed by atoms with E-state index in [0.717, 1.165) is 18.7 Å². The monoisotopic (exact) mass is 308 g/mol. The summed E-state index contributed by atoms with van der Waals surface area (Å²) in [6.07, 6.45) is 0.527. The molecule has 4 nitrogen and oxygen atoms in total. The number of morpholine rings is 1. The van der Waals surface area contributed by atoms with E-state index in [-0.39, 0.29) is 17.8 Å². The smallest absolute Gasteiger partial charge is 0.220 e. The lowest BCUT2D eigenvalue weighted by Crippen LogP contribution is -2.43. The van der Waals surface area contributed by atoms with Crippen LogP contribution in [-0.4, -0.2) is 43.7 Å². The molecule has 1 atom stereocenters. The second-order valence-corrected chi connectivity index (χ2v) is 6.12. The van der Waals surface area contributed by atoms with Crippen LogP contribution in [0.5, 0.6) is 0 Å². The molecule has 5 heteroatoms. The second kappa shape index (κ2) is 8.25. The minimum atomic E-state index is -0.242. The molecule has 0 bridgehead atoms. The van der Waals surface area contributed by atoms with Crippen LogP contribution in [0.1, 0.15) is 31.9 Å². The number of carbonyl (C=O) groups excluding carboxylic acids is 1. The lowest BCUT2D eigenvalue weighted by Gasteiger charge is -2.35. The highest BCUT2D eigenvalue weighted by molar-refractivity contribution is 5.76. The van der Waals surface area contributed by atoms with Crippen molar-refractivity contribution in [3.8, 4) is 0 Å². The van der Waals surface area contributed by atoms with E-state index in [2.05, 4.69) is 10.2 Å². The van der Waals surface area contributed by atoms with Gasteiger partial charge in [0.05, 0.1) is 19.3 Å². The van der Waals surface area contributed by atoms with Gasteiger partial charge in [-0.15, -0.1) is 0 Å². The van der Waals surface area contributed by atoms with Crippen LogP contribution in [-0.2, 0) is 9.53 Å². The third kappa shape index (κ3) is 5.07. The number of hydrogen-bond donors (Lipinski definition) is 1. The molecule has 0 radical (unpaired) electrons. The van der Waals surface area contributed by atoms with Crippen molar-refractivity contribution in [1.29, 1.82) is 0 Å². The Bertz CT molecular complexity index is 470. The third-order valence-electron chi connectivity index (χ3n) is 3.83. The molecule has 1 aromatic rings. The highest BCUT2D eigenvalue weighted by Gasteiger charge is 2.23. The third-order valence-corrected chi connectivity index (χ3v) is 3.83. The first-order valence-corrected chi connectivity index (χ1v) is 7.90. The van der Waals surface area contributed by atoms with Crippen LogP contribution in [0.25, 0.3) is 0 Å². The molecule has 0 aromatic heterocycles. The molecule has 1 saturated heterocycles. The normalized spacial score (nSPS) is 17.5. The fraction of sp³-hybridized carbons (Fsp3) is 0.588. The molecule has 22 heavy (non-hydrogen) atoms. The van der Waals surface area contributed by atoms with Crippen molar-refractivity contribution in [2.75, 3.05) is 32.8 Å². The molecule has 1 aromatic carbocycles. The van der Waals surface area contributed by atoms with Crippen LogP contribution >= 0.6 is 0 Å². The quantitative estimate of drug-likeness (QED) is 0.877. The minimum absolute atomic E-state index is 0.0561. The highest BCUT2D eigenvalue weighted by atomic mass is 19.1. The Balaban J connectivity index is 2.04. The van der Waals surface area contributed by atoms with Gasteiger partial charge in [0.2, 0.25) is 5.91 Å². The van der Waals surface area contributed by atoms with Crippen molar-refractivity contribution >= 4 is 5.91 Å². The minimum Gasteiger partial charge on any atom is -0.379 e. The van der Waals surface area contributed by atoms with Gasteiger partial charge in [-0.3, -0.25) is 9.69 Å². The molecule has 0 aliphatic carbocycles. The van der Waals surface area contributed by atoms with Crippen molar-refractivity contribution < 1.29 is 13.9 Å². The van der Waals surface area contributed by atoms with Crippen molar-refractivity contribution in [1.82, 2.24) is 10.2 Å². The summed E-state index contributed by atoms with van der Waals surface area (Å²) < 4.78 is 18.5. The molecule has 0 saturated carbocycles. The van der Waals surface area contributed by atoms with Gasteiger partial charge in [-0.05, 0) is 23.6 Å². The van der Waals surface area contributed by atoms with Crippen LogP contribution in [0, 0.1) is 11.7 Å². The summed E-state index contributed by atoms with van der Waals surface area (Å²) in [5.74, 6) is 0.163. The number of rotatable bonds is 6. The van der Waals surface area contributed by atoms with Gasteiger partial charge in [-0.25, -0.2) is 4.39 Å². The van der Waals surface area contributed by atoms with Gasteiger partial charge in [0.1, 0.15) is 5.82 Å². The molecule has 122 valence electrons. The van der Waals surface area contributed by atoms with Gasteiger partial charge < -0.3 is 10.1 Å². The number of nitrogens with zero attached hydrogens (tertiary/aromatic N) is 1. The summed E-state index contributed by atoms with van der Waals surface area (Å²) in [6.45, 7) is 7.62. The van der Waals surface area contributed by atoms with Gasteiger partial charge in [-0.1, -0.05) is 26.0 Å². The zero-order valence-corrected chi connectivity index (χ0v) is 13.3. The molecule has 1 amide bonds. The first-order chi connectivity index (χ1) is 10.6. The van der Waals surface area contributed by atoms with Crippen molar-refractivity contribution in [3.63, 3.8) is 0 Å². The van der Waals surface area contributed by atoms with E-state index in [1.54, 1.807) is 12.1 Å². The Morgan fingerprint density at radius 2 is 1.91 bits per heavy atom. The van der Waals surface area contributed by atoms with Crippen molar-refractivity contribution in [3.05, 3.63) is 35.6 Å². The predicted molar refractivity (Wildman–Crippen MR) is 84.0 cm³/mol. The molecular formula is C17H25FN2O2. The Hall–Kier alpha value is -1.46. The van der Waals surface area contributed by atoms with Crippen LogP contribution in [0.15, 0.2) is 24.3 Å². The maximum Gasteiger partial charge on any atom is 0.220 e. The predicted octanol–water partition coefficient (Wildman–Crippen LogP) is 2.36. The van der Waals surface area contributed by atoms with Gasteiger partial charge in [0, 0.05) is 26.1 Å². The highest BCUT2D eigenvalue weighted by Crippen LogP contribution is 2.21. The van der Waals surface area contributed by atoms with E-state index in [0.29, 0.717) is 32.1 Å². The number of carbonyl (C=O) groups is 1. The number of benzene rings is 1. The molecule has 1 heterocycles. The maximum absolute atomic E-state index is 13.1. The summed E-state index contributed by atoms with van der Waals surface area (Å²) in [5, 5.41) is 3.01. The number of halogens is 1. The summed E-state index contributed by atoms with van der Waals surface area (Å²) in [6, 6.07) is 6.59. The van der Waals surface area contributed by atoms with E-state index in [9.17, 15) is 9.18 Å². The van der Waals surface area contributed by atoms with Crippen LogP contribution in [0.3, 0.4) is 0 Å². The molecule has 1 N–H and O–H groups in total. The van der Waals surface area contributed by atoms with Crippen LogP contribution < -0.4 is 5.32 Å². The topological polar surface area (TPSA) is 41.6 Å². The Morgan fingerprint density at radius 1 is 1.27 bits per heavy atom. The molecule has 1 unspecified atom stereocenters. The van der Waals surface area contributed by atoms with E-state index in [1.807, 2.05) is 13.8 Å².